The van der Waals surface area contributed by atoms with E-state index in [0.717, 1.165) is 24.7 Å². The summed E-state index contributed by atoms with van der Waals surface area (Å²) >= 11 is 0. The van der Waals surface area contributed by atoms with Gasteiger partial charge in [0.05, 0.1) is 0 Å². The first kappa shape index (κ1) is 3.65. The highest BCUT2D eigenvalue weighted by Crippen LogP contribution is 2.49. The maximum absolute atomic E-state index is 10.5. The van der Waals surface area contributed by atoms with Crippen LogP contribution in [0.25, 0.3) is 0 Å². The van der Waals surface area contributed by atoms with E-state index in [2.05, 4.69) is 0 Å². The average Bonchev–Trinajstić information content (AvgIpc) is 2.15. The smallest absolute Gasteiger partial charge is 0.133 e. The van der Waals surface area contributed by atoms with Gasteiger partial charge in [-0.2, -0.15) is 0 Å². The van der Waals surface area contributed by atoms with Gasteiger partial charge in [0.15, 0.2) is 0 Å². The van der Waals surface area contributed by atoms with Crippen LogP contribution in [0.4, 0.5) is 0 Å². The Morgan fingerprint density at radius 1 is 1.29 bits per heavy atom. The molecule has 0 bridgehead atoms. The minimum absolute atomic E-state index is 0.501. The van der Waals surface area contributed by atoms with Gasteiger partial charge in [-0.25, -0.2) is 0 Å². The largest absolute Gasteiger partial charge is 0.300 e. The van der Waals surface area contributed by atoms with E-state index in [-0.39, 0.29) is 0 Å². The van der Waals surface area contributed by atoms with Crippen molar-refractivity contribution in [1.29, 1.82) is 0 Å². The van der Waals surface area contributed by atoms with E-state index >= 15 is 0 Å². The van der Waals surface area contributed by atoms with Crippen molar-refractivity contribution in [2.75, 3.05) is 0 Å². The summed E-state index contributed by atoms with van der Waals surface area (Å²) in [5.41, 5.74) is 0. The quantitative estimate of drug-likeness (QED) is 0.439. The number of carbonyl (C=O) groups is 1. The van der Waals surface area contributed by atoms with E-state index in [0.29, 0.717) is 5.78 Å². The van der Waals surface area contributed by atoms with Crippen LogP contribution >= 0.6 is 0 Å². The number of carbonyl (C=O) groups excluding carboxylic acids is 1. The lowest BCUT2D eigenvalue weighted by Crippen LogP contribution is -1.89. The van der Waals surface area contributed by atoms with Gasteiger partial charge < -0.3 is 0 Å². The molecule has 1 nitrogen and oxygen atoms in total. The molecule has 2 saturated carbocycles. The molecule has 2 aliphatic carbocycles. The van der Waals surface area contributed by atoms with Crippen LogP contribution in [0.3, 0.4) is 0 Å². The van der Waals surface area contributed by atoms with Gasteiger partial charge in [0.1, 0.15) is 5.78 Å². The molecule has 1 heteroatoms. The molecule has 0 spiro atoms. The van der Waals surface area contributed by atoms with Crippen molar-refractivity contribution in [3.05, 3.63) is 0 Å². The van der Waals surface area contributed by atoms with Crippen molar-refractivity contribution < 1.29 is 4.79 Å². The summed E-state index contributed by atoms with van der Waals surface area (Å²) in [6.45, 7) is 0. The summed E-state index contributed by atoms with van der Waals surface area (Å²) in [4.78, 5) is 10.5. The molecule has 0 aromatic carbocycles. The molecular formula is C6H8O. The monoisotopic (exact) mass is 96.1 g/mol. The topological polar surface area (TPSA) is 17.1 Å². The summed E-state index contributed by atoms with van der Waals surface area (Å²) in [6, 6.07) is 0. The first-order valence-electron chi connectivity index (χ1n) is 2.88. The van der Waals surface area contributed by atoms with E-state index in [1.807, 2.05) is 0 Å². The molecule has 2 fully saturated rings. The van der Waals surface area contributed by atoms with Gasteiger partial charge in [0.2, 0.25) is 0 Å². The number of ketones is 1. The lowest BCUT2D eigenvalue weighted by atomic mass is 10.2. The van der Waals surface area contributed by atoms with Gasteiger partial charge in [-0.05, 0) is 18.3 Å². The molecule has 2 aliphatic rings. The Balaban J connectivity index is 2.14. The molecule has 0 aromatic rings. The summed E-state index contributed by atoms with van der Waals surface area (Å²) in [5.74, 6) is 2.18. The van der Waals surface area contributed by atoms with Gasteiger partial charge in [-0.15, -0.1) is 0 Å². The Morgan fingerprint density at radius 2 is 1.86 bits per heavy atom. The standard InChI is InChI=1S/C6H8O/c7-6-2-4-1-5(4)3-6/h4-5H,1-3H2/t4-,5+. The maximum Gasteiger partial charge on any atom is 0.133 e. The second kappa shape index (κ2) is 0.908. The Kier molecular flexibility index (Phi) is 0.473. The van der Waals surface area contributed by atoms with Crippen LogP contribution in [-0.4, -0.2) is 5.78 Å². The molecule has 0 amide bonds. The van der Waals surface area contributed by atoms with E-state index < -0.39 is 0 Å². The Morgan fingerprint density at radius 3 is 2.14 bits per heavy atom. The number of Topliss-reactive ketones (excluding diaryl/α,β-unsaturated/α-hetero) is 1. The second-order valence-corrected chi connectivity index (χ2v) is 2.70. The van der Waals surface area contributed by atoms with Crippen LogP contribution in [0.15, 0.2) is 0 Å². The molecule has 0 heterocycles. The zero-order valence-corrected chi connectivity index (χ0v) is 4.18. The molecule has 0 aromatic heterocycles. The predicted molar refractivity (Wildman–Crippen MR) is 25.8 cm³/mol. The minimum atomic E-state index is 0.501. The summed E-state index contributed by atoms with van der Waals surface area (Å²) in [5, 5.41) is 0. The molecular weight excluding hydrogens is 88.1 g/mol. The van der Waals surface area contributed by atoms with Crippen LogP contribution < -0.4 is 0 Å². The molecule has 0 unspecified atom stereocenters. The zero-order valence-electron chi connectivity index (χ0n) is 4.18. The third kappa shape index (κ3) is 0.409. The summed E-state index contributed by atoms with van der Waals surface area (Å²) in [7, 11) is 0. The first-order valence-corrected chi connectivity index (χ1v) is 2.88. The third-order valence-electron chi connectivity index (χ3n) is 2.05. The number of hydrogen-bond acceptors (Lipinski definition) is 1. The fourth-order valence-electron chi connectivity index (χ4n) is 1.48. The summed E-state index contributed by atoms with van der Waals surface area (Å²) in [6.07, 6.45) is 3.17. The van der Waals surface area contributed by atoms with Crippen LogP contribution in [0.5, 0.6) is 0 Å². The second-order valence-electron chi connectivity index (χ2n) is 2.70. The Labute approximate surface area is 42.7 Å². The van der Waals surface area contributed by atoms with E-state index in [9.17, 15) is 4.79 Å². The van der Waals surface area contributed by atoms with E-state index in [1.54, 1.807) is 0 Å². The highest BCUT2D eigenvalue weighted by molar-refractivity contribution is 5.82. The first-order chi connectivity index (χ1) is 3.36. The third-order valence-corrected chi connectivity index (χ3v) is 2.05. The SMILES string of the molecule is O=C1C[C@@H]2C[C@@H]2C1. The Hall–Kier alpha value is -0.330. The molecule has 0 aliphatic heterocycles. The predicted octanol–water partition coefficient (Wildman–Crippen LogP) is 0.985. The average molecular weight is 96.1 g/mol. The van der Waals surface area contributed by atoms with Crippen molar-refractivity contribution in [3.63, 3.8) is 0 Å². The van der Waals surface area contributed by atoms with Crippen LogP contribution in [0, 0.1) is 11.8 Å². The van der Waals surface area contributed by atoms with Crippen molar-refractivity contribution in [3.8, 4) is 0 Å². The van der Waals surface area contributed by atoms with Gasteiger partial charge in [0, 0.05) is 12.8 Å². The molecule has 38 valence electrons. The van der Waals surface area contributed by atoms with Gasteiger partial charge >= 0.3 is 0 Å². The molecule has 2 rings (SSSR count). The van der Waals surface area contributed by atoms with Crippen molar-refractivity contribution in [1.82, 2.24) is 0 Å². The van der Waals surface area contributed by atoms with E-state index in [1.165, 1.54) is 6.42 Å². The van der Waals surface area contributed by atoms with Crippen LogP contribution in [0.2, 0.25) is 0 Å². The van der Waals surface area contributed by atoms with Gasteiger partial charge in [-0.3, -0.25) is 4.79 Å². The molecule has 2 atom stereocenters. The number of rotatable bonds is 0. The molecule has 0 radical (unpaired) electrons. The van der Waals surface area contributed by atoms with Crippen molar-refractivity contribution in [2.24, 2.45) is 11.8 Å². The normalized spacial score (nSPS) is 46.6. The lowest BCUT2D eigenvalue weighted by Gasteiger charge is -1.82. The fourth-order valence-corrected chi connectivity index (χ4v) is 1.48. The van der Waals surface area contributed by atoms with Crippen molar-refractivity contribution in [2.45, 2.75) is 19.3 Å². The highest BCUT2D eigenvalue weighted by atomic mass is 16.1. The van der Waals surface area contributed by atoms with Gasteiger partial charge in [-0.1, -0.05) is 0 Å². The lowest BCUT2D eigenvalue weighted by molar-refractivity contribution is -0.118. The minimum Gasteiger partial charge on any atom is -0.300 e. The molecule has 0 saturated heterocycles. The fraction of sp³-hybridized carbons (Fsp3) is 0.833. The molecule has 0 N–H and O–H groups in total. The van der Waals surface area contributed by atoms with Gasteiger partial charge in [0.25, 0.3) is 0 Å². The van der Waals surface area contributed by atoms with E-state index in [4.69, 9.17) is 0 Å². The Bertz CT molecular complexity index is 105. The summed E-state index contributed by atoms with van der Waals surface area (Å²) < 4.78 is 0. The number of hydrogen-bond donors (Lipinski definition) is 0. The maximum atomic E-state index is 10.5. The number of fused-ring (bicyclic) bond motifs is 1. The van der Waals surface area contributed by atoms with Crippen LogP contribution in [0.1, 0.15) is 19.3 Å². The zero-order chi connectivity index (χ0) is 4.85. The highest BCUT2D eigenvalue weighted by Gasteiger charge is 2.45. The van der Waals surface area contributed by atoms with Crippen molar-refractivity contribution >= 4 is 5.78 Å². The van der Waals surface area contributed by atoms with Crippen LogP contribution in [-0.2, 0) is 4.79 Å². The molecule has 7 heavy (non-hydrogen) atoms.